The van der Waals surface area contributed by atoms with E-state index in [2.05, 4.69) is 0 Å². The summed E-state index contributed by atoms with van der Waals surface area (Å²) in [5.41, 5.74) is 27.3. The first-order chi connectivity index (χ1) is 15.7. The van der Waals surface area contributed by atoms with Gasteiger partial charge in [-0.2, -0.15) is 35.3 Å². The molecule has 0 amide bonds. The van der Waals surface area contributed by atoms with Crippen LogP contribution in [0, 0.1) is 16.2 Å². The number of hydrogen-bond acceptors (Lipinski definition) is 12. The summed E-state index contributed by atoms with van der Waals surface area (Å²) >= 11 is 11.7. The third kappa shape index (κ3) is 25.7. The van der Waals surface area contributed by atoms with Crippen LogP contribution in [0.5, 0.6) is 0 Å². The highest BCUT2D eigenvalue weighted by Crippen LogP contribution is 2.26. The fourth-order valence-corrected chi connectivity index (χ4v) is 9.25. The lowest BCUT2D eigenvalue weighted by Gasteiger charge is -2.18. The van der Waals surface area contributed by atoms with Crippen molar-refractivity contribution < 1.29 is 0 Å². The van der Waals surface area contributed by atoms with Gasteiger partial charge in [-0.3, -0.25) is 16.2 Å². The predicted octanol–water partition coefficient (Wildman–Crippen LogP) is 3.30. The van der Waals surface area contributed by atoms with Gasteiger partial charge in [-0.25, -0.2) is 0 Å². The average Bonchev–Trinajstić information content (AvgIpc) is 2.72. The standard InChI is InChI=1S/C18H40N8S7/c19-15(20)30-7-3-13(28-9-11-32-17(23)24)1-5-27-6-2-14(4-8-31-16(21)22)29-10-12-33-18(25)26/h13-14,17H,1-12,23-24H2,(H3,19,20)(H3,21,22)(H3,25,26). The zero-order chi connectivity index (χ0) is 24.9. The van der Waals surface area contributed by atoms with Crippen molar-refractivity contribution in [2.75, 3.05) is 46.0 Å². The van der Waals surface area contributed by atoms with Crippen LogP contribution in [0.15, 0.2) is 0 Å². The van der Waals surface area contributed by atoms with Crippen molar-refractivity contribution in [3.63, 3.8) is 0 Å². The lowest BCUT2D eigenvalue weighted by molar-refractivity contribution is 0.796. The van der Waals surface area contributed by atoms with Gasteiger partial charge in [0.15, 0.2) is 15.5 Å². The molecule has 0 saturated carbocycles. The summed E-state index contributed by atoms with van der Waals surface area (Å²) in [5, 5.41) is 23.7. The second kappa shape index (κ2) is 23.2. The number of amidine groups is 3. The Labute approximate surface area is 229 Å². The van der Waals surface area contributed by atoms with E-state index in [4.69, 9.17) is 44.9 Å². The topological polar surface area (TPSA) is 202 Å². The molecule has 2 unspecified atom stereocenters. The molecular formula is C18H40N8S7. The molecule has 0 heterocycles. The first-order valence-corrected chi connectivity index (χ1v) is 17.8. The highest BCUT2D eigenvalue weighted by atomic mass is 32.2. The molecule has 194 valence electrons. The van der Waals surface area contributed by atoms with E-state index in [1.54, 1.807) is 11.8 Å². The van der Waals surface area contributed by atoms with Gasteiger partial charge in [-0.1, -0.05) is 35.3 Å². The molecule has 33 heavy (non-hydrogen) atoms. The highest BCUT2D eigenvalue weighted by molar-refractivity contribution is 8.14. The fourth-order valence-electron chi connectivity index (χ4n) is 2.52. The molecule has 8 nitrogen and oxygen atoms in total. The number of nitrogens with two attached hydrogens (primary N) is 5. The molecule has 0 aromatic carbocycles. The minimum Gasteiger partial charge on any atom is -0.379 e. The third-order valence-corrected chi connectivity index (χ3v) is 11.4. The van der Waals surface area contributed by atoms with Gasteiger partial charge < -0.3 is 28.7 Å². The molecule has 13 N–H and O–H groups in total. The molecule has 0 fully saturated rings. The Balaban J connectivity index is 4.29. The van der Waals surface area contributed by atoms with Crippen LogP contribution in [0.2, 0.25) is 0 Å². The fraction of sp³-hybridized carbons (Fsp3) is 0.833. The summed E-state index contributed by atoms with van der Waals surface area (Å²) in [6.07, 6.45) is 4.34. The first kappa shape index (κ1) is 33.8. The summed E-state index contributed by atoms with van der Waals surface area (Å²) in [6.45, 7) is 0. The Morgan fingerprint density at radius 3 is 1.30 bits per heavy atom. The number of hydrogen-bond donors (Lipinski definition) is 8. The zero-order valence-electron chi connectivity index (χ0n) is 19.0. The molecule has 0 bridgehead atoms. The molecule has 0 radical (unpaired) electrons. The van der Waals surface area contributed by atoms with Crippen LogP contribution in [0.3, 0.4) is 0 Å². The van der Waals surface area contributed by atoms with Gasteiger partial charge >= 0.3 is 0 Å². The van der Waals surface area contributed by atoms with Gasteiger partial charge in [-0.15, -0.1) is 11.8 Å². The SMILES string of the molecule is N=C(N)SCCSC(CCSCCC(CCSC(=N)N)SCCSC(N)N)CCSC(=N)N. The molecule has 0 aromatic heterocycles. The van der Waals surface area contributed by atoms with E-state index < -0.39 is 0 Å². The Morgan fingerprint density at radius 2 is 0.879 bits per heavy atom. The van der Waals surface area contributed by atoms with Crippen LogP contribution in [0.25, 0.3) is 0 Å². The quantitative estimate of drug-likeness (QED) is 0.0419. The number of thioether (sulfide) groups is 7. The lowest BCUT2D eigenvalue weighted by Crippen LogP contribution is -2.26. The smallest absolute Gasteiger partial charge is 0.151 e. The van der Waals surface area contributed by atoms with E-state index in [0.717, 1.165) is 71.7 Å². The van der Waals surface area contributed by atoms with Crippen LogP contribution < -0.4 is 28.7 Å². The molecule has 0 rings (SSSR count). The van der Waals surface area contributed by atoms with Crippen molar-refractivity contribution in [2.24, 2.45) is 28.7 Å². The van der Waals surface area contributed by atoms with Crippen LogP contribution in [0.4, 0.5) is 0 Å². The summed E-state index contributed by atoms with van der Waals surface area (Å²) in [5.74, 6) is 7.78. The molecule has 0 aliphatic rings. The summed E-state index contributed by atoms with van der Waals surface area (Å²) < 4.78 is 0. The minimum absolute atomic E-state index is 0.174. The summed E-state index contributed by atoms with van der Waals surface area (Å²) in [4.78, 5) is 0. The van der Waals surface area contributed by atoms with Crippen molar-refractivity contribution in [2.45, 2.75) is 41.7 Å². The van der Waals surface area contributed by atoms with Crippen molar-refractivity contribution in [3.05, 3.63) is 0 Å². The van der Waals surface area contributed by atoms with Crippen LogP contribution >= 0.6 is 82.3 Å². The van der Waals surface area contributed by atoms with E-state index >= 15 is 0 Å². The van der Waals surface area contributed by atoms with Gasteiger partial charge in [-0.05, 0) is 37.2 Å². The number of nitrogens with one attached hydrogen (secondary N) is 3. The van der Waals surface area contributed by atoms with Crippen molar-refractivity contribution >= 4 is 97.8 Å². The second-order valence-electron chi connectivity index (χ2n) is 6.73. The molecule has 0 aliphatic heterocycles. The Morgan fingerprint density at radius 1 is 0.515 bits per heavy atom. The first-order valence-electron chi connectivity index (χ1n) is 10.5. The van der Waals surface area contributed by atoms with Crippen molar-refractivity contribution in [3.8, 4) is 0 Å². The molecule has 15 heteroatoms. The van der Waals surface area contributed by atoms with E-state index in [1.807, 2.05) is 35.3 Å². The molecule has 0 aliphatic carbocycles. The third-order valence-electron chi connectivity index (χ3n) is 4.00. The van der Waals surface area contributed by atoms with E-state index in [-0.39, 0.29) is 21.0 Å². The monoisotopic (exact) mass is 592 g/mol. The maximum absolute atomic E-state index is 7.40. The minimum atomic E-state index is -0.311. The van der Waals surface area contributed by atoms with Crippen LogP contribution in [-0.4, -0.2) is 77.5 Å². The summed E-state index contributed by atoms with van der Waals surface area (Å²) in [7, 11) is 0. The highest BCUT2D eigenvalue weighted by Gasteiger charge is 2.13. The van der Waals surface area contributed by atoms with E-state index in [1.165, 1.54) is 35.3 Å². The van der Waals surface area contributed by atoms with E-state index in [0.29, 0.717) is 10.5 Å². The van der Waals surface area contributed by atoms with Gasteiger partial charge in [0, 0.05) is 45.0 Å². The zero-order valence-corrected chi connectivity index (χ0v) is 24.7. The Hall–Kier alpha value is 0.780. The molecule has 0 spiro atoms. The molecule has 0 saturated heterocycles. The van der Waals surface area contributed by atoms with Gasteiger partial charge in [0.05, 0.1) is 0 Å². The Kier molecular flexibility index (Phi) is 23.7. The number of rotatable bonds is 21. The average molecular weight is 593 g/mol. The van der Waals surface area contributed by atoms with Gasteiger partial charge in [0.2, 0.25) is 0 Å². The maximum atomic E-state index is 7.40. The molecular weight excluding hydrogens is 553 g/mol. The normalized spacial score (nSPS) is 13.2. The van der Waals surface area contributed by atoms with Gasteiger partial charge in [0.25, 0.3) is 0 Å². The lowest BCUT2D eigenvalue weighted by atomic mass is 10.3. The molecule has 2 atom stereocenters. The van der Waals surface area contributed by atoms with Gasteiger partial charge in [0.1, 0.15) is 5.50 Å². The van der Waals surface area contributed by atoms with Crippen LogP contribution in [0.1, 0.15) is 25.7 Å². The maximum Gasteiger partial charge on any atom is 0.151 e. The Bertz CT molecular complexity index is 542. The van der Waals surface area contributed by atoms with E-state index in [9.17, 15) is 0 Å². The van der Waals surface area contributed by atoms with Crippen molar-refractivity contribution in [1.82, 2.24) is 0 Å². The van der Waals surface area contributed by atoms with Crippen LogP contribution in [-0.2, 0) is 0 Å². The predicted molar refractivity (Wildman–Crippen MR) is 166 cm³/mol. The van der Waals surface area contributed by atoms with Crippen molar-refractivity contribution in [1.29, 1.82) is 16.2 Å². The molecule has 0 aromatic rings. The largest absolute Gasteiger partial charge is 0.379 e. The second-order valence-corrected chi connectivity index (χ2v) is 15.5. The summed E-state index contributed by atoms with van der Waals surface area (Å²) in [6, 6.07) is 0.